The zero-order chi connectivity index (χ0) is 17.7. The van der Waals surface area contributed by atoms with Crippen LogP contribution in [-0.2, 0) is 9.59 Å². The first-order valence-electron chi connectivity index (χ1n) is 8.35. The van der Waals surface area contributed by atoms with Crippen LogP contribution in [0.1, 0.15) is 30.9 Å². The fraction of sp³-hybridized carbons (Fsp3) is 0.556. The van der Waals surface area contributed by atoms with Crippen LogP contribution in [0, 0.1) is 5.82 Å². The molecule has 2 rings (SSSR count). The molecule has 132 valence electrons. The van der Waals surface area contributed by atoms with E-state index < -0.39 is 6.04 Å². The second-order valence-corrected chi connectivity index (χ2v) is 6.52. The minimum absolute atomic E-state index is 0.102. The minimum atomic E-state index is -0.539. The van der Waals surface area contributed by atoms with E-state index in [9.17, 15) is 14.0 Å². The third kappa shape index (κ3) is 4.54. The average molecular weight is 335 g/mol. The quantitative estimate of drug-likeness (QED) is 0.797. The second-order valence-electron chi connectivity index (χ2n) is 6.52. The fourth-order valence-electron chi connectivity index (χ4n) is 3.03. The smallest absolute Gasteiger partial charge is 0.244 e. The fourth-order valence-corrected chi connectivity index (χ4v) is 3.03. The Morgan fingerprint density at radius 3 is 2.67 bits per heavy atom. The van der Waals surface area contributed by atoms with Crippen molar-refractivity contribution in [3.05, 3.63) is 35.6 Å². The van der Waals surface area contributed by atoms with Crippen molar-refractivity contribution in [3.63, 3.8) is 0 Å². The summed E-state index contributed by atoms with van der Waals surface area (Å²) in [5, 5.41) is 0. The molecule has 1 aromatic carbocycles. The second kappa shape index (κ2) is 8.24. The number of piperidine rings is 1. The van der Waals surface area contributed by atoms with Crippen molar-refractivity contribution in [1.82, 2.24) is 14.7 Å². The third-order valence-electron chi connectivity index (χ3n) is 4.42. The first kappa shape index (κ1) is 18.4. The molecule has 1 aliphatic heterocycles. The summed E-state index contributed by atoms with van der Waals surface area (Å²) >= 11 is 0. The number of likely N-dealkylation sites (N-methyl/N-ethyl adjacent to an activating group) is 2. The van der Waals surface area contributed by atoms with Gasteiger partial charge in [-0.15, -0.1) is 0 Å². The van der Waals surface area contributed by atoms with Gasteiger partial charge in [0.15, 0.2) is 0 Å². The van der Waals surface area contributed by atoms with Crippen LogP contribution in [0.4, 0.5) is 4.39 Å². The summed E-state index contributed by atoms with van der Waals surface area (Å²) in [6.45, 7) is 1.79. The van der Waals surface area contributed by atoms with E-state index in [0.29, 0.717) is 25.1 Å². The normalized spacial score (nSPS) is 16.4. The maximum absolute atomic E-state index is 13.5. The first-order chi connectivity index (χ1) is 11.4. The zero-order valence-corrected chi connectivity index (χ0v) is 14.7. The van der Waals surface area contributed by atoms with Gasteiger partial charge in [-0.25, -0.2) is 4.39 Å². The highest BCUT2D eigenvalue weighted by Gasteiger charge is 2.27. The van der Waals surface area contributed by atoms with Crippen LogP contribution < -0.4 is 0 Å². The predicted molar refractivity (Wildman–Crippen MR) is 90.9 cm³/mol. The summed E-state index contributed by atoms with van der Waals surface area (Å²) in [5.74, 6) is -0.292. The maximum Gasteiger partial charge on any atom is 0.244 e. The highest BCUT2D eigenvalue weighted by molar-refractivity contribution is 5.83. The van der Waals surface area contributed by atoms with Gasteiger partial charge >= 0.3 is 0 Å². The molecular formula is C18H26FN3O2. The van der Waals surface area contributed by atoms with Crippen molar-refractivity contribution in [2.24, 2.45) is 0 Å². The van der Waals surface area contributed by atoms with Gasteiger partial charge in [0.25, 0.3) is 0 Å². The van der Waals surface area contributed by atoms with Crippen LogP contribution in [0.25, 0.3) is 0 Å². The topological polar surface area (TPSA) is 43.9 Å². The molecule has 6 heteroatoms. The number of halogens is 1. The number of amides is 2. The van der Waals surface area contributed by atoms with Crippen LogP contribution >= 0.6 is 0 Å². The molecule has 2 amide bonds. The SMILES string of the molecule is CN(CCN1CCCCC1=O)C(=O)C(c1cccc(F)c1)N(C)C. The molecule has 24 heavy (non-hydrogen) atoms. The molecule has 0 aliphatic carbocycles. The largest absolute Gasteiger partial charge is 0.342 e. The predicted octanol–water partition coefficient (Wildman–Crippen LogP) is 1.90. The number of hydrogen-bond donors (Lipinski definition) is 0. The van der Waals surface area contributed by atoms with E-state index in [0.717, 1.165) is 19.4 Å². The third-order valence-corrected chi connectivity index (χ3v) is 4.42. The lowest BCUT2D eigenvalue weighted by atomic mass is 10.0. The lowest BCUT2D eigenvalue weighted by Crippen LogP contribution is -2.44. The Morgan fingerprint density at radius 1 is 1.29 bits per heavy atom. The number of benzene rings is 1. The lowest BCUT2D eigenvalue weighted by molar-refractivity contribution is -0.138. The van der Waals surface area contributed by atoms with Crippen molar-refractivity contribution < 1.29 is 14.0 Å². The molecule has 0 saturated carbocycles. The molecule has 5 nitrogen and oxygen atoms in total. The van der Waals surface area contributed by atoms with E-state index in [4.69, 9.17) is 0 Å². The Hall–Kier alpha value is -1.95. The Morgan fingerprint density at radius 2 is 2.04 bits per heavy atom. The lowest BCUT2D eigenvalue weighted by Gasteiger charge is -2.32. The average Bonchev–Trinajstić information content (AvgIpc) is 2.53. The van der Waals surface area contributed by atoms with Crippen molar-refractivity contribution in [2.45, 2.75) is 25.3 Å². The van der Waals surface area contributed by atoms with Crippen molar-refractivity contribution in [1.29, 1.82) is 0 Å². The molecule has 1 aromatic rings. The van der Waals surface area contributed by atoms with Crippen molar-refractivity contribution >= 4 is 11.8 Å². The van der Waals surface area contributed by atoms with Gasteiger partial charge in [-0.1, -0.05) is 12.1 Å². The van der Waals surface area contributed by atoms with E-state index >= 15 is 0 Å². The van der Waals surface area contributed by atoms with Gasteiger partial charge in [-0.2, -0.15) is 0 Å². The summed E-state index contributed by atoms with van der Waals surface area (Å²) in [6, 6.07) is 5.59. The molecule has 1 saturated heterocycles. The Bertz CT molecular complexity index is 591. The van der Waals surface area contributed by atoms with Crippen LogP contribution in [0.5, 0.6) is 0 Å². The highest BCUT2D eigenvalue weighted by Crippen LogP contribution is 2.21. The van der Waals surface area contributed by atoms with Gasteiger partial charge in [-0.3, -0.25) is 14.5 Å². The summed E-state index contributed by atoms with van der Waals surface area (Å²) < 4.78 is 13.5. The van der Waals surface area contributed by atoms with E-state index in [-0.39, 0.29) is 17.6 Å². The summed E-state index contributed by atoms with van der Waals surface area (Å²) in [4.78, 5) is 29.9. The molecule has 1 unspecified atom stereocenters. The van der Waals surface area contributed by atoms with Gasteiger partial charge in [0, 0.05) is 33.1 Å². The zero-order valence-electron chi connectivity index (χ0n) is 14.7. The van der Waals surface area contributed by atoms with Gasteiger partial charge in [0.05, 0.1) is 0 Å². The van der Waals surface area contributed by atoms with Crippen LogP contribution in [-0.4, -0.2) is 67.3 Å². The Balaban J connectivity index is 2.02. The molecule has 1 heterocycles. The number of nitrogens with zero attached hydrogens (tertiary/aromatic N) is 3. The maximum atomic E-state index is 13.5. The van der Waals surface area contributed by atoms with E-state index in [1.807, 2.05) is 4.90 Å². The van der Waals surface area contributed by atoms with Gasteiger partial charge < -0.3 is 9.80 Å². The molecule has 0 spiro atoms. The van der Waals surface area contributed by atoms with Crippen molar-refractivity contribution in [3.8, 4) is 0 Å². The van der Waals surface area contributed by atoms with Crippen LogP contribution in [0.2, 0.25) is 0 Å². The van der Waals surface area contributed by atoms with Crippen LogP contribution in [0.15, 0.2) is 24.3 Å². The van der Waals surface area contributed by atoms with Crippen molar-refractivity contribution in [2.75, 3.05) is 40.8 Å². The summed E-state index contributed by atoms with van der Waals surface area (Å²) in [6.07, 6.45) is 2.57. The number of carbonyl (C=O) groups is 2. The monoisotopic (exact) mass is 335 g/mol. The molecular weight excluding hydrogens is 309 g/mol. The summed E-state index contributed by atoms with van der Waals surface area (Å²) in [7, 11) is 5.33. The van der Waals surface area contributed by atoms with Crippen LogP contribution in [0.3, 0.4) is 0 Å². The number of likely N-dealkylation sites (tertiary alicyclic amines) is 1. The van der Waals surface area contributed by atoms with Gasteiger partial charge in [0.2, 0.25) is 11.8 Å². The molecule has 0 bridgehead atoms. The van der Waals surface area contributed by atoms with Gasteiger partial charge in [-0.05, 0) is 44.6 Å². The molecule has 1 aliphatic rings. The number of hydrogen-bond acceptors (Lipinski definition) is 3. The summed E-state index contributed by atoms with van der Waals surface area (Å²) in [5.41, 5.74) is 0.630. The minimum Gasteiger partial charge on any atom is -0.342 e. The molecule has 0 radical (unpaired) electrons. The molecule has 0 aromatic heterocycles. The first-order valence-corrected chi connectivity index (χ1v) is 8.35. The Kier molecular flexibility index (Phi) is 6.31. The number of carbonyl (C=O) groups excluding carboxylic acids is 2. The van der Waals surface area contributed by atoms with E-state index in [2.05, 4.69) is 0 Å². The standard InChI is InChI=1S/C18H26FN3O2/c1-20(2)17(14-7-6-8-15(19)13-14)18(24)21(3)11-12-22-10-5-4-9-16(22)23/h6-8,13,17H,4-5,9-12H2,1-3H3. The van der Waals surface area contributed by atoms with E-state index in [1.54, 1.807) is 43.1 Å². The molecule has 1 fully saturated rings. The molecule has 1 atom stereocenters. The van der Waals surface area contributed by atoms with Gasteiger partial charge in [0.1, 0.15) is 11.9 Å². The highest BCUT2D eigenvalue weighted by atomic mass is 19.1. The Labute approximate surface area is 143 Å². The number of rotatable bonds is 6. The van der Waals surface area contributed by atoms with E-state index in [1.165, 1.54) is 12.1 Å². The molecule has 0 N–H and O–H groups in total.